The SMILES string of the molecule is Cc1ncsc1-c1ccc(CNC(=O)[C@@H]2C[C@@H](O)CN2C(=O)[C@@H](NC(=O)CCCCCOCCOCCOCCCCCCOc2ccc(CNC(=O)c3cccc(NCc4nnc(-c5ccncn5)n4C)c3)cc2)C(C)(C)C)cc1. The van der Waals surface area contributed by atoms with Crippen molar-refractivity contribution in [2.75, 3.05) is 58.1 Å². The van der Waals surface area contributed by atoms with Crippen molar-refractivity contribution in [3.63, 3.8) is 0 Å². The molecule has 0 saturated carbocycles. The highest BCUT2D eigenvalue weighted by Crippen LogP contribution is 2.29. The molecule has 434 valence electrons. The van der Waals surface area contributed by atoms with E-state index in [2.05, 4.69) is 46.4 Å². The Hall–Kier alpha value is -7.17. The fraction of sp³-hybridized carbons (Fsp3) is 0.483. The summed E-state index contributed by atoms with van der Waals surface area (Å²) < 4.78 is 24.9. The lowest BCUT2D eigenvalue weighted by Gasteiger charge is -2.35. The summed E-state index contributed by atoms with van der Waals surface area (Å²) in [6, 6.07) is 23.1. The Morgan fingerprint density at radius 2 is 1.43 bits per heavy atom. The number of unbranched alkanes of at least 4 members (excludes halogenated alkanes) is 5. The van der Waals surface area contributed by atoms with E-state index >= 15 is 0 Å². The summed E-state index contributed by atoms with van der Waals surface area (Å²) in [6.07, 6.45) is 8.89. The first-order valence-corrected chi connectivity index (χ1v) is 28.9. The topological polar surface area (TPSA) is 246 Å². The van der Waals surface area contributed by atoms with Crippen LogP contribution in [0.3, 0.4) is 0 Å². The number of rotatable bonds is 33. The highest BCUT2D eigenvalue weighted by atomic mass is 32.1. The number of amides is 4. The number of aromatic nitrogens is 6. The van der Waals surface area contributed by atoms with Crippen molar-refractivity contribution in [1.82, 2.24) is 50.6 Å². The second-order valence-corrected chi connectivity index (χ2v) is 22.1. The number of hydrogen-bond donors (Lipinski definition) is 5. The Kier molecular flexibility index (Phi) is 24.1. The summed E-state index contributed by atoms with van der Waals surface area (Å²) in [6.45, 7) is 12.6. The molecule has 20 nitrogen and oxygen atoms in total. The van der Waals surface area contributed by atoms with Crippen molar-refractivity contribution in [2.24, 2.45) is 12.5 Å². The van der Waals surface area contributed by atoms with Crippen LogP contribution in [0.15, 0.2) is 96.9 Å². The van der Waals surface area contributed by atoms with E-state index in [9.17, 15) is 24.3 Å². The predicted octanol–water partition coefficient (Wildman–Crippen LogP) is 7.60. The van der Waals surface area contributed by atoms with Gasteiger partial charge in [0, 0.05) is 70.2 Å². The first-order valence-electron chi connectivity index (χ1n) is 28.0. The summed E-state index contributed by atoms with van der Waals surface area (Å²) in [5, 5.41) is 31.4. The number of β-amino-alcohol motifs (C(OH)–C–C–N with tert-alkyl or cyclic N) is 1. The van der Waals surface area contributed by atoms with Crippen LogP contribution >= 0.6 is 11.3 Å². The molecule has 7 rings (SSSR count). The van der Waals surface area contributed by atoms with E-state index in [-0.39, 0.29) is 49.6 Å². The van der Waals surface area contributed by atoms with E-state index in [4.69, 9.17) is 18.9 Å². The molecule has 6 aromatic rings. The largest absolute Gasteiger partial charge is 0.494 e. The number of benzene rings is 3. The van der Waals surface area contributed by atoms with Crippen LogP contribution in [-0.2, 0) is 55.3 Å². The molecule has 21 heteroatoms. The van der Waals surface area contributed by atoms with Gasteiger partial charge in [-0.05, 0) is 97.5 Å². The lowest BCUT2D eigenvalue weighted by molar-refractivity contribution is -0.144. The van der Waals surface area contributed by atoms with Gasteiger partial charge in [-0.1, -0.05) is 76.1 Å². The summed E-state index contributed by atoms with van der Waals surface area (Å²) in [5.41, 5.74) is 7.13. The van der Waals surface area contributed by atoms with Gasteiger partial charge in [-0.25, -0.2) is 15.0 Å². The third-order valence-corrected chi connectivity index (χ3v) is 14.8. The average Bonchev–Trinajstić information content (AvgIpc) is 4.36. The van der Waals surface area contributed by atoms with Gasteiger partial charge in [0.25, 0.3) is 5.91 Å². The number of aliphatic hydroxyl groups is 1. The molecule has 3 atom stereocenters. The molecular weight excluding hydrogens is 1050 g/mol. The number of carbonyl (C=O) groups excluding carboxylic acids is 4. The van der Waals surface area contributed by atoms with Crippen LogP contribution in [0.2, 0.25) is 0 Å². The molecule has 5 N–H and O–H groups in total. The molecule has 1 fully saturated rings. The molecule has 0 radical (unpaired) electrons. The Balaban J connectivity index is 0.651. The van der Waals surface area contributed by atoms with E-state index < -0.39 is 23.6 Å². The van der Waals surface area contributed by atoms with Gasteiger partial charge in [0.05, 0.1) is 61.8 Å². The van der Waals surface area contributed by atoms with Crippen molar-refractivity contribution < 1.29 is 43.2 Å². The minimum Gasteiger partial charge on any atom is -0.494 e. The van der Waals surface area contributed by atoms with Crippen molar-refractivity contribution in [3.05, 3.63) is 125 Å². The molecule has 1 saturated heterocycles. The number of carbonyl (C=O) groups is 4. The third kappa shape index (κ3) is 19.5. The Labute approximate surface area is 479 Å². The van der Waals surface area contributed by atoms with Crippen molar-refractivity contribution >= 4 is 40.7 Å². The Morgan fingerprint density at radius 3 is 2.10 bits per heavy atom. The van der Waals surface area contributed by atoms with Gasteiger partial charge in [0.15, 0.2) is 11.6 Å². The average molecular weight is 1130 g/mol. The molecule has 1 aliphatic heterocycles. The number of aliphatic hydroxyl groups excluding tert-OH is 1. The van der Waals surface area contributed by atoms with Crippen molar-refractivity contribution in [1.29, 1.82) is 0 Å². The molecular formula is C60H79N11O9S. The number of thiazole rings is 1. The smallest absolute Gasteiger partial charge is 0.251 e. The fourth-order valence-electron chi connectivity index (χ4n) is 9.17. The molecule has 0 unspecified atom stereocenters. The molecule has 4 amide bonds. The molecule has 81 heavy (non-hydrogen) atoms. The zero-order chi connectivity index (χ0) is 57.4. The summed E-state index contributed by atoms with van der Waals surface area (Å²) >= 11 is 1.58. The van der Waals surface area contributed by atoms with Crippen LogP contribution in [-0.4, -0.2) is 134 Å². The monoisotopic (exact) mass is 1130 g/mol. The van der Waals surface area contributed by atoms with Gasteiger partial charge in [0.2, 0.25) is 17.7 Å². The van der Waals surface area contributed by atoms with Crippen molar-refractivity contribution in [3.8, 4) is 27.7 Å². The van der Waals surface area contributed by atoms with Crippen LogP contribution in [0.5, 0.6) is 5.75 Å². The summed E-state index contributed by atoms with van der Waals surface area (Å²) in [4.78, 5) is 68.6. The minimum atomic E-state index is -0.869. The van der Waals surface area contributed by atoms with E-state index in [0.717, 1.165) is 83.0 Å². The molecule has 1 aliphatic rings. The maximum Gasteiger partial charge on any atom is 0.251 e. The van der Waals surface area contributed by atoms with E-state index in [1.807, 2.05) is 112 Å². The molecule has 3 aromatic heterocycles. The van der Waals surface area contributed by atoms with Gasteiger partial charge in [0.1, 0.15) is 29.9 Å². The molecule has 0 bridgehead atoms. The first kappa shape index (κ1) is 61.4. The zero-order valence-electron chi connectivity index (χ0n) is 47.4. The van der Waals surface area contributed by atoms with Gasteiger partial charge in [-0.3, -0.25) is 19.2 Å². The lowest BCUT2D eigenvalue weighted by atomic mass is 9.85. The van der Waals surface area contributed by atoms with Gasteiger partial charge < -0.3 is 54.8 Å². The van der Waals surface area contributed by atoms with E-state index in [0.29, 0.717) is 82.8 Å². The maximum absolute atomic E-state index is 14.0. The van der Waals surface area contributed by atoms with Crippen molar-refractivity contribution in [2.45, 2.75) is 123 Å². The number of likely N-dealkylation sites (tertiary alicyclic amines) is 1. The van der Waals surface area contributed by atoms with Crippen LogP contribution in [0, 0.1) is 12.3 Å². The Morgan fingerprint density at radius 1 is 0.765 bits per heavy atom. The number of aryl methyl sites for hydroxylation is 1. The van der Waals surface area contributed by atoms with Gasteiger partial charge in [-0.15, -0.1) is 21.5 Å². The maximum atomic E-state index is 14.0. The normalized spacial score (nSPS) is 14.6. The number of ether oxygens (including phenoxy) is 4. The zero-order valence-corrected chi connectivity index (χ0v) is 48.2. The van der Waals surface area contributed by atoms with E-state index in [1.165, 1.54) is 11.2 Å². The van der Waals surface area contributed by atoms with E-state index in [1.54, 1.807) is 29.7 Å². The predicted molar refractivity (Wildman–Crippen MR) is 310 cm³/mol. The van der Waals surface area contributed by atoms with Crippen LogP contribution in [0.25, 0.3) is 22.0 Å². The highest BCUT2D eigenvalue weighted by Gasteiger charge is 2.44. The van der Waals surface area contributed by atoms with Crippen LogP contribution in [0.4, 0.5) is 5.69 Å². The number of anilines is 1. The molecule has 4 heterocycles. The third-order valence-electron chi connectivity index (χ3n) is 13.8. The highest BCUT2D eigenvalue weighted by molar-refractivity contribution is 7.13. The Bertz CT molecular complexity index is 2900. The first-order chi connectivity index (χ1) is 39.2. The van der Waals surface area contributed by atoms with Gasteiger partial charge >= 0.3 is 0 Å². The number of hydrogen-bond acceptors (Lipinski definition) is 16. The lowest BCUT2D eigenvalue weighted by Crippen LogP contribution is -2.57. The quantitative estimate of drug-likeness (QED) is 0.0249. The molecule has 3 aromatic carbocycles. The summed E-state index contributed by atoms with van der Waals surface area (Å²) in [5.74, 6) is 1.04. The second kappa shape index (κ2) is 31.7. The number of nitrogens with one attached hydrogen (secondary N) is 4. The van der Waals surface area contributed by atoms with Crippen LogP contribution in [0.1, 0.15) is 112 Å². The summed E-state index contributed by atoms with van der Waals surface area (Å²) in [7, 11) is 1.88. The fourth-order valence-corrected chi connectivity index (χ4v) is 9.98. The van der Waals surface area contributed by atoms with Crippen LogP contribution < -0.4 is 26.0 Å². The molecule has 0 spiro atoms. The standard InChI is InChI=1S/C60H79N11O9S/c1-42-54(81-41-66-42)45-21-17-43(18-22-45)37-64-58(75)51-35-48(72)39-71(51)59(76)55(60(2,3)4)67-53(73)16-9-8-11-28-78-31-33-79-32-30-77-27-10-6-7-12-29-80-49-23-19-44(20-24-49)36-63-57(74)46-14-13-15-47(34-46)62-38-52-68-69-56(70(52)5)50-25-26-61-40-65-50/h13-15,17-26,34,40-41,48,51,55,62,72H,6-12,16,27-33,35-39H2,1-5H3,(H,63,74)(H,64,75)(H,67,73)/t48-,51+,55-/m1/s1. The molecule has 0 aliphatic carbocycles. The van der Waals surface area contributed by atoms with Gasteiger partial charge in [-0.2, -0.15) is 0 Å². The number of nitrogens with zero attached hydrogens (tertiary/aromatic N) is 7. The second-order valence-electron chi connectivity index (χ2n) is 21.2. The minimum absolute atomic E-state index is 0.0221.